The van der Waals surface area contributed by atoms with E-state index in [-0.39, 0.29) is 28.8 Å². The number of fused-ring (bicyclic) bond motifs is 3. The lowest BCUT2D eigenvalue weighted by atomic mass is 9.95. The SMILES string of the molecule is COc1cc2c(c(OC)c1OC)-c1ccc(N[C@@H](CC(C)C)C(=O)NCc3ccncc3)c(=O)cc1[C@@H](NC(C)=O)CC2. The van der Waals surface area contributed by atoms with Crippen molar-refractivity contribution in [2.45, 2.75) is 58.7 Å². The zero-order valence-electron chi connectivity index (χ0n) is 25.6. The van der Waals surface area contributed by atoms with Gasteiger partial charge in [0.05, 0.1) is 33.1 Å². The summed E-state index contributed by atoms with van der Waals surface area (Å²) in [4.78, 5) is 43.3. The van der Waals surface area contributed by atoms with Crippen LogP contribution in [0.4, 0.5) is 5.69 Å². The van der Waals surface area contributed by atoms with Crippen LogP contribution in [0.15, 0.2) is 53.6 Å². The molecule has 0 bridgehead atoms. The summed E-state index contributed by atoms with van der Waals surface area (Å²) in [6, 6.07) is 9.60. The molecular weight excluding hydrogens is 548 g/mol. The van der Waals surface area contributed by atoms with Gasteiger partial charge in [0.2, 0.25) is 23.0 Å². The zero-order chi connectivity index (χ0) is 31.1. The summed E-state index contributed by atoms with van der Waals surface area (Å²) >= 11 is 0. The number of hydrogen-bond donors (Lipinski definition) is 3. The van der Waals surface area contributed by atoms with Crippen molar-refractivity contribution >= 4 is 17.5 Å². The maximum Gasteiger partial charge on any atom is 0.242 e. The minimum absolute atomic E-state index is 0.191. The fraction of sp³-hybridized carbons (Fsp3) is 0.394. The highest BCUT2D eigenvalue weighted by atomic mass is 16.5. The van der Waals surface area contributed by atoms with Gasteiger partial charge in [-0.25, -0.2) is 0 Å². The lowest BCUT2D eigenvalue weighted by Gasteiger charge is -2.20. The number of nitrogens with one attached hydrogen (secondary N) is 3. The van der Waals surface area contributed by atoms with Crippen LogP contribution in [0, 0.1) is 5.92 Å². The number of ether oxygens (including phenoxy) is 3. The third kappa shape index (κ3) is 7.25. The van der Waals surface area contributed by atoms with Crippen LogP contribution in [-0.2, 0) is 22.6 Å². The molecule has 1 aromatic heterocycles. The summed E-state index contributed by atoms with van der Waals surface area (Å²) < 4.78 is 17.1. The van der Waals surface area contributed by atoms with Crippen molar-refractivity contribution < 1.29 is 23.8 Å². The van der Waals surface area contributed by atoms with Crippen LogP contribution < -0.4 is 35.6 Å². The standard InChI is InChI=1S/C33H40N4O6/c1-19(2)15-27(33(40)35-18-21-11-13-34-14-12-21)37-26-10-8-23-24(17-28(26)39)25(36-20(3)38)9-7-22-16-29(41-4)31(42-5)32(43-6)30(22)23/h8,10-14,16-17,19,25,27H,7,9,15,18H2,1-6H3,(H,35,40)(H,36,38)(H,37,39)/t25-,27-/m0/s1. The number of carbonyl (C=O) groups is 2. The first-order chi connectivity index (χ1) is 20.7. The van der Waals surface area contributed by atoms with Gasteiger partial charge in [0.1, 0.15) is 6.04 Å². The van der Waals surface area contributed by atoms with Crippen LogP contribution >= 0.6 is 0 Å². The van der Waals surface area contributed by atoms with Crippen molar-refractivity contribution in [1.82, 2.24) is 15.6 Å². The molecule has 43 heavy (non-hydrogen) atoms. The second-order valence-corrected chi connectivity index (χ2v) is 11.0. The topological polar surface area (TPSA) is 128 Å². The summed E-state index contributed by atoms with van der Waals surface area (Å²) in [6.07, 6.45) is 5.02. The number of anilines is 1. The third-order valence-corrected chi connectivity index (χ3v) is 7.49. The molecular formula is C33H40N4O6. The van der Waals surface area contributed by atoms with Gasteiger partial charge in [0.25, 0.3) is 0 Å². The predicted octanol–water partition coefficient (Wildman–Crippen LogP) is 4.40. The highest BCUT2D eigenvalue weighted by Gasteiger charge is 2.30. The minimum atomic E-state index is -0.644. The Morgan fingerprint density at radius 1 is 1.00 bits per heavy atom. The third-order valence-electron chi connectivity index (χ3n) is 7.49. The molecule has 2 atom stereocenters. The van der Waals surface area contributed by atoms with Crippen LogP contribution in [0.5, 0.6) is 17.2 Å². The number of benzene rings is 1. The molecule has 228 valence electrons. The number of nitrogens with zero attached hydrogens (tertiary/aromatic N) is 1. The summed E-state index contributed by atoms with van der Waals surface area (Å²) in [7, 11) is 4.67. The van der Waals surface area contributed by atoms with Crippen molar-refractivity contribution in [3.05, 3.63) is 75.7 Å². The van der Waals surface area contributed by atoms with E-state index in [0.29, 0.717) is 48.6 Å². The number of amides is 2. The van der Waals surface area contributed by atoms with E-state index in [1.165, 1.54) is 6.92 Å². The quantitative estimate of drug-likeness (QED) is 0.301. The Morgan fingerprint density at radius 3 is 2.35 bits per heavy atom. The van der Waals surface area contributed by atoms with Crippen LogP contribution in [0.25, 0.3) is 11.1 Å². The molecule has 2 aromatic carbocycles. The molecule has 0 radical (unpaired) electrons. The molecule has 1 aliphatic rings. The highest BCUT2D eigenvalue weighted by molar-refractivity contribution is 5.86. The zero-order valence-corrected chi connectivity index (χ0v) is 25.6. The van der Waals surface area contributed by atoms with Gasteiger partial charge in [-0.05, 0) is 77.8 Å². The Balaban J connectivity index is 1.81. The molecule has 0 fully saturated rings. The van der Waals surface area contributed by atoms with Gasteiger partial charge in [-0.2, -0.15) is 0 Å². The molecule has 3 N–H and O–H groups in total. The number of pyridine rings is 1. The van der Waals surface area contributed by atoms with Gasteiger partial charge in [-0.1, -0.05) is 19.9 Å². The normalized spacial score (nSPS) is 14.4. The number of hydrogen-bond acceptors (Lipinski definition) is 8. The lowest BCUT2D eigenvalue weighted by Crippen LogP contribution is -2.41. The maximum atomic E-state index is 13.8. The first kappa shape index (κ1) is 31.3. The molecule has 3 aromatic rings. The van der Waals surface area contributed by atoms with Crippen molar-refractivity contribution in [1.29, 1.82) is 0 Å². The van der Waals surface area contributed by atoms with Crippen molar-refractivity contribution in [3.63, 3.8) is 0 Å². The molecule has 2 amide bonds. The first-order valence-electron chi connectivity index (χ1n) is 14.4. The van der Waals surface area contributed by atoms with E-state index in [1.807, 2.05) is 38.1 Å². The van der Waals surface area contributed by atoms with E-state index >= 15 is 0 Å². The van der Waals surface area contributed by atoms with E-state index < -0.39 is 12.1 Å². The molecule has 4 rings (SSSR count). The Kier molecular flexibility index (Phi) is 10.2. The fourth-order valence-corrected chi connectivity index (χ4v) is 5.53. The highest BCUT2D eigenvalue weighted by Crippen LogP contribution is 2.50. The van der Waals surface area contributed by atoms with Crippen LogP contribution in [0.2, 0.25) is 0 Å². The average Bonchev–Trinajstić information content (AvgIpc) is 3.23. The van der Waals surface area contributed by atoms with Crippen molar-refractivity contribution in [2.24, 2.45) is 5.92 Å². The molecule has 1 aliphatic carbocycles. The number of aryl methyl sites for hydroxylation is 1. The smallest absolute Gasteiger partial charge is 0.242 e. The Hall–Kier alpha value is -4.60. The van der Waals surface area contributed by atoms with Crippen LogP contribution in [-0.4, -0.2) is 44.2 Å². The van der Waals surface area contributed by atoms with E-state index in [9.17, 15) is 14.4 Å². The molecule has 10 nitrogen and oxygen atoms in total. The van der Waals surface area contributed by atoms with Gasteiger partial charge in [0, 0.05) is 31.4 Å². The van der Waals surface area contributed by atoms with E-state index in [2.05, 4.69) is 20.9 Å². The monoisotopic (exact) mass is 588 g/mol. The number of methoxy groups -OCH3 is 3. The van der Waals surface area contributed by atoms with Gasteiger partial charge in [-0.3, -0.25) is 19.4 Å². The molecule has 10 heteroatoms. The maximum absolute atomic E-state index is 13.8. The largest absolute Gasteiger partial charge is 0.493 e. The number of carbonyl (C=O) groups excluding carboxylic acids is 2. The summed E-state index contributed by atoms with van der Waals surface area (Å²) in [5.74, 6) is 1.21. The van der Waals surface area contributed by atoms with Gasteiger partial charge in [0.15, 0.2) is 11.5 Å². The predicted molar refractivity (Wildman–Crippen MR) is 166 cm³/mol. The van der Waals surface area contributed by atoms with E-state index in [1.54, 1.807) is 45.9 Å². The average molecular weight is 589 g/mol. The molecule has 0 aliphatic heterocycles. The van der Waals surface area contributed by atoms with E-state index in [4.69, 9.17) is 14.2 Å². The van der Waals surface area contributed by atoms with Crippen molar-refractivity contribution in [3.8, 4) is 28.4 Å². The summed E-state index contributed by atoms with van der Waals surface area (Å²) in [5.41, 5.74) is 3.98. The van der Waals surface area contributed by atoms with Crippen molar-refractivity contribution in [2.75, 3.05) is 26.6 Å². The van der Waals surface area contributed by atoms with E-state index in [0.717, 1.165) is 22.3 Å². The number of rotatable bonds is 11. The lowest BCUT2D eigenvalue weighted by molar-refractivity contribution is -0.122. The summed E-state index contributed by atoms with van der Waals surface area (Å²) in [5, 5.41) is 9.21. The van der Waals surface area contributed by atoms with Gasteiger partial charge in [-0.15, -0.1) is 0 Å². The second-order valence-electron chi connectivity index (χ2n) is 11.0. The fourth-order valence-electron chi connectivity index (χ4n) is 5.53. The van der Waals surface area contributed by atoms with Gasteiger partial charge < -0.3 is 30.2 Å². The van der Waals surface area contributed by atoms with Crippen LogP contribution in [0.1, 0.15) is 56.3 Å². The molecule has 0 saturated heterocycles. The molecule has 0 unspecified atom stereocenters. The van der Waals surface area contributed by atoms with Crippen LogP contribution in [0.3, 0.4) is 0 Å². The second kappa shape index (κ2) is 14.0. The van der Waals surface area contributed by atoms with Gasteiger partial charge >= 0.3 is 0 Å². The summed E-state index contributed by atoms with van der Waals surface area (Å²) in [6.45, 7) is 5.86. The molecule has 0 spiro atoms. The molecule has 0 saturated carbocycles. The Morgan fingerprint density at radius 2 is 1.72 bits per heavy atom. The first-order valence-corrected chi connectivity index (χ1v) is 14.4. The number of aromatic nitrogens is 1. The minimum Gasteiger partial charge on any atom is -0.493 e. The Bertz CT molecular complexity index is 1530. The Labute approximate surface area is 252 Å². The molecule has 1 heterocycles.